The maximum absolute atomic E-state index is 15.8. The van der Waals surface area contributed by atoms with Crippen molar-refractivity contribution in [3.8, 4) is 22.6 Å². The van der Waals surface area contributed by atoms with E-state index < -0.39 is 11.6 Å². The standard InChI is InChI=1S/C33H38F2O3.CH4O/c1-6-12-32(2,3)20-24-16-22(17-30(35)31(24)27-18-25(37-5)9-10-29(27)34)21-38-26-8-7-23-11-13-33(4,14-15-36)28(23)19-26;1-2/h7-10,15-19H,6,11-14,20-21H2,1-5H3;2H,1H3. The summed E-state index contributed by atoms with van der Waals surface area (Å²) >= 11 is 0. The van der Waals surface area contributed by atoms with Crippen molar-refractivity contribution in [1.29, 1.82) is 0 Å². The molecule has 4 rings (SSSR count). The predicted molar refractivity (Wildman–Crippen MR) is 156 cm³/mol. The number of benzene rings is 3. The van der Waals surface area contributed by atoms with Crippen LogP contribution in [0.4, 0.5) is 8.78 Å². The van der Waals surface area contributed by atoms with Gasteiger partial charge in [0.05, 0.1) is 7.11 Å². The molecule has 0 aromatic heterocycles. The zero-order valence-electron chi connectivity index (χ0n) is 24.6. The van der Waals surface area contributed by atoms with Crippen molar-refractivity contribution in [2.75, 3.05) is 14.2 Å². The molecule has 6 heteroatoms. The largest absolute Gasteiger partial charge is 0.497 e. The lowest BCUT2D eigenvalue weighted by Crippen LogP contribution is -2.18. The Morgan fingerprint density at radius 3 is 2.42 bits per heavy atom. The second-order valence-corrected chi connectivity index (χ2v) is 11.6. The van der Waals surface area contributed by atoms with Crippen molar-refractivity contribution < 1.29 is 28.2 Å². The van der Waals surface area contributed by atoms with Crippen LogP contribution in [0.2, 0.25) is 0 Å². The quantitative estimate of drug-likeness (QED) is 0.245. The van der Waals surface area contributed by atoms with E-state index in [0.29, 0.717) is 29.9 Å². The Kier molecular flexibility index (Phi) is 10.5. The van der Waals surface area contributed by atoms with E-state index in [1.165, 1.54) is 30.9 Å². The van der Waals surface area contributed by atoms with Gasteiger partial charge in [-0.1, -0.05) is 46.2 Å². The fraction of sp³-hybridized carbons (Fsp3) is 0.441. The average Bonchev–Trinajstić information content (AvgIpc) is 3.24. The van der Waals surface area contributed by atoms with Gasteiger partial charge in [-0.05, 0) is 95.2 Å². The highest BCUT2D eigenvalue weighted by Gasteiger charge is 2.34. The van der Waals surface area contributed by atoms with Gasteiger partial charge in [0.1, 0.15) is 36.0 Å². The summed E-state index contributed by atoms with van der Waals surface area (Å²) in [5, 5.41) is 7.00. The third-order valence-corrected chi connectivity index (χ3v) is 7.89. The van der Waals surface area contributed by atoms with E-state index in [9.17, 15) is 9.18 Å². The van der Waals surface area contributed by atoms with Crippen molar-refractivity contribution in [2.45, 2.75) is 78.2 Å². The molecule has 4 nitrogen and oxygen atoms in total. The number of aliphatic hydroxyl groups is 1. The van der Waals surface area contributed by atoms with Crippen LogP contribution in [0.5, 0.6) is 11.5 Å². The number of carbonyl (C=O) groups excluding carboxylic acids is 1. The first-order valence-electron chi connectivity index (χ1n) is 13.9. The van der Waals surface area contributed by atoms with Crippen LogP contribution in [0.25, 0.3) is 11.1 Å². The SMILES string of the molecule is CCCC(C)(C)Cc1cc(COc2ccc3c(c2)C(C)(CC=O)CC3)cc(F)c1-c1cc(OC)ccc1F.CO. The summed E-state index contributed by atoms with van der Waals surface area (Å²) in [6.07, 6.45) is 5.92. The van der Waals surface area contributed by atoms with Gasteiger partial charge in [0, 0.05) is 24.7 Å². The summed E-state index contributed by atoms with van der Waals surface area (Å²) in [5.74, 6) is 0.206. The van der Waals surface area contributed by atoms with Gasteiger partial charge >= 0.3 is 0 Å². The number of rotatable bonds is 11. The molecule has 1 aliphatic carbocycles. The van der Waals surface area contributed by atoms with Crippen molar-refractivity contribution in [3.63, 3.8) is 0 Å². The van der Waals surface area contributed by atoms with Crippen molar-refractivity contribution in [3.05, 3.63) is 82.4 Å². The highest BCUT2D eigenvalue weighted by atomic mass is 19.1. The fourth-order valence-corrected chi connectivity index (χ4v) is 5.89. The van der Waals surface area contributed by atoms with Crippen molar-refractivity contribution >= 4 is 6.29 Å². The second-order valence-electron chi connectivity index (χ2n) is 11.6. The van der Waals surface area contributed by atoms with Gasteiger partial charge in [-0.15, -0.1) is 0 Å². The van der Waals surface area contributed by atoms with E-state index in [1.54, 1.807) is 6.07 Å². The van der Waals surface area contributed by atoms with Crippen LogP contribution >= 0.6 is 0 Å². The number of carbonyl (C=O) groups is 1. The molecular weight excluding hydrogens is 510 g/mol. The number of aryl methyl sites for hydroxylation is 1. The van der Waals surface area contributed by atoms with Crippen molar-refractivity contribution in [1.82, 2.24) is 0 Å². The highest BCUT2D eigenvalue weighted by Crippen LogP contribution is 2.42. The molecule has 0 saturated carbocycles. The highest BCUT2D eigenvalue weighted by molar-refractivity contribution is 5.71. The number of halogens is 2. The smallest absolute Gasteiger partial charge is 0.131 e. The van der Waals surface area contributed by atoms with Crippen LogP contribution in [0.3, 0.4) is 0 Å². The fourth-order valence-electron chi connectivity index (χ4n) is 5.89. The first-order chi connectivity index (χ1) is 19.1. The van der Waals surface area contributed by atoms with Crippen molar-refractivity contribution in [2.24, 2.45) is 5.41 Å². The summed E-state index contributed by atoms with van der Waals surface area (Å²) in [4.78, 5) is 11.3. The minimum Gasteiger partial charge on any atom is -0.497 e. The third kappa shape index (κ3) is 7.08. The number of methoxy groups -OCH3 is 1. The molecule has 0 saturated heterocycles. The van der Waals surface area contributed by atoms with Gasteiger partial charge in [0.2, 0.25) is 0 Å². The molecule has 0 radical (unpaired) electrons. The van der Waals surface area contributed by atoms with Crippen LogP contribution in [0.1, 0.15) is 75.6 Å². The average molecular weight is 553 g/mol. The number of aldehydes is 1. The van der Waals surface area contributed by atoms with E-state index >= 15 is 4.39 Å². The molecule has 0 amide bonds. The number of fused-ring (bicyclic) bond motifs is 1. The molecule has 0 bridgehead atoms. The molecule has 40 heavy (non-hydrogen) atoms. The molecule has 3 aromatic rings. The monoisotopic (exact) mass is 552 g/mol. The third-order valence-electron chi connectivity index (χ3n) is 7.89. The molecule has 1 atom stereocenters. The zero-order chi connectivity index (χ0) is 29.5. The topological polar surface area (TPSA) is 55.8 Å². The molecule has 1 unspecified atom stereocenters. The van der Waals surface area contributed by atoms with E-state index in [2.05, 4.69) is 33.8 Å². The van der Waals surface area contributed by atoms with Crippen LogP contribution in [0, 0.1) is 17.0 Å². The lowest BCUT2D eigenvalue weighted by molar-refractivity contribution is -0.108. The lowest BCUT2D eigenvalue weighted by Gasteiger charge is -2.26. The van der Waals surface area contributed by atoms with Gasteiger partial charge in [-0.3, -0.25) is 0 Å². The maximum Gasteiger partial charge on any atom is 0.131 e. The maximum atomic E-state index is 15.8. The molecular formula is C34H42F2O4. The second kappa shape index (κ2) is 13.4. The van der Waals surface area contributed by atoms with E-state index in [0.717, 1.165) is 50.2 Å². The summed E-state index contributed by atoms with van der Waals surface area (Å²) < 4.78 is 42.2. The number of ether oxygens (including phenoxy) is 2. The Bertz CT molecular complexity index is 1320. The molecule has 0 fully saturated rings. The molecule has 0 aliphatic heterocycles. The van der Waals surface area contributed by atoms with E-state index in [4.69, 9.17) is 14.6 Å². The first kappa shape index (κ1) is 31.3. The van der Waals surface area contributed by atoms with Crippen LogP contribution in [0.15, 0.2) is 48.5 Å². The van der Waals surface area contributed by atoms with Crippen LogP contribution in [-0.2, 0) is 29.7 Å². The number of aliphatic hydroxyl groups excluding tert-OH is 1. The summed E-state index contributed by atoms with van der Waals surface area (Å²) in [6.45, 7) is 8.75. The van der Waals surface area contributed by atoms with Gasteiger partial charge in [-0.25, -0.2) is 8.78 Å². The molecule has 1 N–H and O–H groups in total. The van der Waals surface area contributed by atoms with Crippen LogP contribution in [-0.4, -0.2) is 25.6 Å². The lowest BCUT2D eigenvalue weighted by atomic mass is 9.79. The molecule has 0 spiro atoms. The van der Waals surface area contributed by atoms with Gasteiger partial charge in [0.15, 0.2) is 0 Å². The summed E-state index contributed by atoms with van der Waals surface area (Å²) in [5.41, 5.74) is 4.05. The minimum atomic E-state index is -0.486. The van der Waals surface area contributed by atoms with Gasteiger partial charge in [0.25, 0.3) is 0 Å². The Labute approximate surface area is 237 Å². The van der Waals surface area contributed by atoms with Gasteiger partial charge in [-0.2, -0.15) is 0 Å². The summed E-state index contributed by atoms with van der Waals surface area (Å²) in [6, 6.07) is 13.8. The Hall–Kier alpha value is -3.25. The summed E-state index contributed by atoms with van der Waals surface area (Å²) in [7, 11) is 2.51. The zero-order valence-corrected chi connectivity index (χ0v) is 24.6. The van der Waals surface area contributed by atoms with E-state index in [1.807, 2.05) is 18.2 Å². The van der Waals surface area contributed by atoms with Crippen LogP contribution < -0.4 is 9.47 Å². The molecule has 1 aliphatic rings. The predicted octanol–water partition coefficient (Wildman–Crippen LogP) is 7.99. The number of hydrogen-bond acceptors (Lipinski definition) is 4. The number of hydrogen-bond donors (Lipinski definition) is 1. The Morgan fingerprint density at radius 2 is 1.75 bits per heavy atom. The Balaban J connectivity index is 0.00000216. The normalized spacial score (nSPS) is 16.1. The Morgan fingerprint density at radius 1 is 1.02 bits per heavy atom. The molecule has 0 heterocycles. The molecule has 216 valence electrons. The van der Waals surface area contributed by atoms with Gasteiger partial charge < -0.3 is 19.4 Å². The first-order valence-corrected chi connectivity index (χ1v) is 13.9. The van der Waals surface area contributed by atoms with E-state index in [-0.39, 0.29) is 28.6 Å². The molecule has 3 aromatic carbocycles. The minimum absolute atomic E-state index is 0.0895.